The molecule has 0 aromatic heterocycles. The second-order valence-corrected chi connectivity index (χ2v) is 6.34. The molecule has 0 aromatic carbocycles. The molecule has 0 aromatic rings. The van der Waals surface area contributed by atoms with Crippen LogP contribution in [0.4, 0.5) is 0 Å². The molecule has 0 heterocycles. The molecule has 0 fully saturated rings. The van der Waals surface area contributed by atoms with Crippen molar-refractivity contribution in [2.75, 3.05) is 0 Å². The number of carbonyl (C=O) groups is 1. The summed E-state index contributed by atoms with van der Waals surface area (Å²) >= 11 is 0. The standard InChI is InChI=1S/C20H36O4/c1-2-3-13-16-19(24-23)17-14-11-9-7-5-4-6-8-10-12-15-18-20(21)22/h9,11,14,17,19,23H,2-8,10,12-13,15-16,18H2,1H3,(H,21,22)/p-1/b11-9-,17-14+/t19-/m0/s1. The summed E-state index contributed by atoms with van der Waals surface area (Å²) in [7, 11) is 0. The maximum atomic E-state index is 10.3. The third-order valence-electron chi connectivity index (χ3n) is 4.05. The van der Waals surface area contributed by atoms with Gasteiger partial charge in [0.2, 0.25) is 0 Å². The van der Waals surface area contributed by atoms with Gasteiger partial charge in [-0.1, -0.05) is 82.6 Å². The molecule has 0 rings (SSSR count). The second-order valence-electron chi connectivity index (χ2n) is 6.34. The largest absolute Gasteiger partial charge is 0.550 e. The molecule has 24 heavy (non-hydrogen) atoms. The molecule has 4 nitrogen and oxygen atoms in total. The highest BCUT2D eigenvalue weighted by molar-refractivity contribution is 5.63. The quantitative estimate of drug-likeness (QED) is 0.179. The van der Waals surface area contributed by atoms with Gasteiger partial charge in [0.1, 0.15) is 6.10 Å². The number of carbonyl (C=O) groups excluding carboxylic acids is 1. The van der Waals surface area contributed by atoms with E-state index >= 15 is 0 Å². The Labute approximate surface area is 147 Å². The third kappa shape index (κ3) is 17.2. The summed E-state index contributed by atoms with van der Waals surface area (Å²) < 4.78 is 0. The van der Waals surface area contributed by atoms with Crippen LogP contribution in [0.2, 0.25) is 0 Å². The zero-order chi connectivity index (χ0) is 17.9. The van der Waals surface area contributed by atoms with Crippen LogP contribution in [0.25, 0.3) is 0 Å². The van der Waals surface area contributed by atoms with Gasteiger partial charge in [0.25, 0.3) is 0 Å². The van der Waals surface area contributed by atoms with E-state index in [0.717, 1.165) is 38.5 Å². The molecule has 0 aliphatic heterocycles. The smallest absolute Gasteiger partial charge is 0.111 e. The third-order valence-corrected chi connectivity index (χ3v) is 4.05. The van der Waals surface area contributed by atoms with Crippen molar-refractivity contribution < 1.29 is 20.0 Å². The first kappa shape index (κ1) is 22.9. The Balaban J connectivity index is 3.44. The first-order valence-corrected chi connectivity index (χ1v) is 9.54. The van der Waals surface area contributed by atoms with E-state index in [2.05, 4.69) is 17.9 Å². The van der Waals surface area contributed by atoms with Crippen molar-refractivity contribution in [3.63, 3.8) is 0 Å². The van der Waals surface area contributed by atoms with Crippen LogP contribution in [-0.4, -0.2) is 17.3 Å². The van der Waals surface area contributed by atoms with Crippen LogP contribution in [0.1, 0.15) is 90.4 Å². The van der Waals surface area contributed by atoms with Gasteiger partial charge in [0.05, 0.1) is 0 Å². The summed E-state index contributed by atoms with van der Waals surface area (Å²) in [4.78, 5) is 14.7. The Kier molecular flexibility index (Phi) is 17.4. The molecule has 4 heteroatoms. The van der Waals surface area contributed by atoms with Gasteiger partial charge in [-0.3, -0.25) is 5.26 Å². The molecule has 1 N–H and O–H groups in total. The van der Waals surface area contributed by atoms with Gasteiger partial charge in [-0.2, -0.15) is 0 Å². The average Bonchev–Trinajstić information content (AvgIpc) is 2.57. The van der Waals surface area contributed by atoms with Crippen molar-refractivity contribution in [1.82, 2.24) is 0 Å². The fourth-order valence-electron chi connectivity index (χ4n) is 2.56. The molecule has 0 aliphatic carbocycles. The van der Waals surface area contributed by atoms with Crippen LogP contribution in [0, 0.1) is 0 Å². The fourth-order valence-corrected chi connectivity index (χ4v) is 2.56. The van der Waals surface area contributed by atoms with Crippen LogP contribution in [0.5, 0.6) is 0 Å². The first-order chi connectivity index (χ1) is 11.7. The number of rotatable bonds is 17. The van der Waals surface area contributed by atoms with E-state index in [-0.39, 0.29) is 12.5 Å². The highest BCUT2D eigenvalue weighted by Gasteiger charge is 2.02. The minimum Gasteiger partial charge on any atom is -0.550 e. The summed E-state index contributed by atoms with van der Waals surface area (Å²) in [5, 5.41) is 19.1. The zero-order valence-electron chi connectivity index (χ0n) is 15.3. The van der Waals surface area contributed by atoms with Crippen molar-refractivity contribution in [2.45, 2.75) is 96.5 Å². The molecule has 0 aliphatic rings. The number of hydrogen-bond donors (Lipinski definition) is 1. The van der Waals surface area contributed by atoms with Crippen LogP contribution in [0.3, 0.4) is 0 Å². The number of unbranched alkanes of at least 4 members (excludes halogenated alkanes) is 9. The van der Waals surface area contributed by atoms with E-state index < -0.39 is 5.97 Å². The highest BCUT2D eigenvalue weighted by atomic mass is 17.1. The average molecular weight is 339 g/mol. The molecule has 0 spiro atoms. The molecule has 0 radical (unpaired) electrons. The SMILES string of the molecule is CCCCC[C@@H](/C=C/C=C\CCCCCCCCCC(=O)[O-])OO. The van der Waals surface area contributed by atoms with Gasteiger partial charge in [-0.15, -0.1) is 0 Å². The second kappa shape index (κ2) is 18.2. The summed E-state index contributed by atoms with van der Waals surface area (Å²) in [6.45, 7) is 2.16. The van der Waals surface area contributed by atoms with Crippen LogP contribution >= 0.6 is 0 Å². The monoisotopic (exact) mass is 339 g/mol. The Bertz CT molecular complexity index is 337. The van der Waals surface area contributed by atoms with Gasteiger partial charge in [0, 0.05) is 5.97 Å². The number of allylic oxidation sites excluding steroid dienone is 3. The number of carboxylic acid groups (broad SMARTS) is 1. The lowest BCUT2D eigenvalue weighted by atomic mass is 10.1. The molecule has 0 saturated carbocycles. The normalized spacial score (nSPS) is 13.1. The van der Waals surface area contributed by atoms with E-state index in [9.17, 15) is 9.90 Å². The van der Waals surface area contributed by atoms with Gasteiger partial charge in [0.15, 0.2) is 0 Å². The molecule has 1 atom stereocenters. The maximum Gasteiger partial charge on any atom is 0.111 e. The van der Waals surface area contributed by atoms with Crippen molar-refractivity contribution in [3.8, 4) is 0 Å². The fraction of sp³-hybridized carbons (Fsp3) is 0.750. The Hall–Kier alpha value is -1.13. The van der Waals surface area contributed by atoms with E-state index in [1.54, 1.807) is 0 Å². The van der Waals surface area contributed by atoms with Crippen molar-refractivity contribution in [3.05, 3.63) is 24.3 Å². The van der Waals surface area contributed by atoms with Gasteiger partial charge >= 0.3 is 0 Å². The molecule has 0 unspecified atom stereocenters. The van der Waals surface area contributed by atoms with Crippen LogP contribution in [0.15, 0.2) is 24.3 Å². The van der Waals surface area contributed by atoms with E-state index in [1.807, 2.05) is 18.2 Å². The van der Waals surface area contributed by atoms with Crippen molar-refractivity contribution in [2.24, 2.45) is 0 Å². The summed E-state index contributed by atoms with van der Waals surface area (Å²) in [5.41, 5.74) is 0. The number of carboxylic acids is 1. The van der Waals surface area contributed by atoms with Gasteiger partial charge in [-0.05, 0) is 32.1 Å². The lowest BCUT2D eigenvalue weighted by Gasteiger charge is -2.07. The van der Waals surface area contributed by atoms with Gasteiger partial charge < -0.3 is 9.90 Å². The molecule has 140 valence electrons. The van der Waals surface area contributed by atoms with Crippen molar-refractivity contribution >= 4 is 5.97 Å². The molecular weight excluding hydrogens is 304 g/mol. The molecule has 0 saturated heterocycles. The summed E-state index contributed by atoms with van der Waals surface area (Å²) in [5.74, 6) is -0.936. The molecule has 0 bridgehead atoms. The Morgan fingerprint density at radius 1 is 1.00 bits per heavy atom. The van der Waals surface area contributed by atoms with E-state index in [1.165, 1.54) is 38.5 Å². The van der Waals surface area contributed by atoms with Crippen molar-refractivity contribution in [1.29, 1.82) is 0 Å². The summed E-state index contributed by atoms with van der Waals surface area (Å²) in [6, 6.07) is 0. The van der Waals surface area contributed by atoms with Crippen LogP contribution in [-0.2, 0) is 9.68 Å². The minimum atomic E-state index is -0.936. The van der Waals surface area contributed by atoms with Crippen LogP contribution < -0.4 is 5.11 Å². The molecular formula is C20H35O4-. The topological polar surface area (TPSA) is 69.6 Å². The molecule has 0 amide bonds. The number of hydrogen-bond acceptors (Lipinski definition) is 4. The lowest BCUT2D eigenvalue weighted by molar-refractivity contribution is -0.305. The lowest BCUT2D eigenvalue weighted by Crippen LogP contribution is -2.21. The minimum absolute atomic E-state index is 0.194. The Morgan fingerprint density at radius 3 is 2.29 bits per heavy atom. The predicted octanol–water partition coefficient (Wildman–Crippen LogP) is 4.80. The van der Waals surface area contributed by atoms with E-state index in [0.29, 0.717) is 0 Å². The zero-order valence-corrected chi connectivity index (χ0v) is 15.3. The first-order valence-electron chi connectivity index (χ1n) is 9.54. The maximum absolute atomic E-state index is 10.3. The summed E-state index contributed by atoms with van der Waals surface area (Å²) in [6.07, 6.45) is 21.0. The highest BCUT2D eigenvalue weighted by Crippen LogP contribution is 2.10. The van der Waals surface area contributed by atoms with Gasteiger partial charge in [-0.25, -0.2) is 4.89 Å². The predicted molar refractivity (Wildman–Crippen MR) is 96.5 cm³/mol. The number of aliphatic carboxylic acids is 1. The Morgan fingerprint density at radius 2 is 1.67 bits per heavy atom. The van der Waals surface area contributed by atoms with E-state index in [4.69, 9.17) is 5.26 Å².